The molecular weight excluding hydrogens is 1540 g/mol. The van der Waals surface area contributed by atoms with Crippen molar-refractivity contribution in [3.8, 4) is 0 Å². The van der Waals surface area contributed by atoms with Crippen LogP contribution >= 0.6 is 0 Å². The SMILES string of the molecule is C[C@H](CC(=O)CCCCCN1C(=O)C=CC1=O)C(=O)N[C@@H](C)C(=O)C[C@@H](CC(=O)NC(c1ccccc1)(c1ccccc1)c1ccccc1)C(=O)Nc1ccc(CO)cc1.C[C@H](N)C(=O)N[C@@H](C)C(=O)C[C@@H](CC(=O)NC(c1ccccc1)(c1ccccc1)c1ccccc1)C(=O)Nc1ccc(CO)cc1.O=C(O)CCCCCN1C(=O)C=CC1=O. The van der Waals surface area contributed by atoms with Crippen LogP contribution in [0.1, 0.15) is 156 Å². The van der Waals surface area contributed by atoms with Crippen LogP contribution in [0.15, 0.2) is 255 Å². The van der Waals surface area contributed by atoms with E-state index in [2.05, 4.69) is 31.9 Å². The van der Waals surface area contributed by atoms with Crippen molar-refractivity contribution in [2.45, 2.75) is 154 Å². The minimum Gasteiger partial charge on any atom is -0.481 e. The first kappa shape index (κ1) is 93.2. The van der Waals surface area contributed by atoms with Crippen molar-refractivity contribution >= 4 is 93.8 Å². The lowest BCUT2D eigenvalue weighted by molar-refractivity contribution is -0.138. The second kappa shape index (κ2) is 46.7. The van der Waals surface area contributed by atoms with E-state index in [9.17, 15) is 77.3 Å². The van der Waals surface area contributed by atoms with Crippen LogP contribution in [0.3, 0.4) is 0 Å². The molecule has 2 heterocycles. The molecule has 632 valence electrons. The van der Waals surface area contributed by atoms with E-state index in [1.807, 2.05) is 182 Å². The molecule has 0 spiro atoms. The number of aliphatic hydroxyl groups is 2. The van der Waals surface area contributed by atoms with Gasteiger partial charge >= 0.3 is 5.97 Å². The summed E-state index contributed by atoms with van der Waals surface area (Å²) < 4.78 is 0. The fourth-order valence-electron chi connectivity index (χ4n) is 14.0. The van der Waals surface area contributed by atoms with Gasteiger partial charge in [-0.3, -0.25) is 76.9 Å². The smallest absolute Gasteiger partial charge is 0.303 e. The molecule has 0 bridgehead atoms. The maximum absolute atomic E-state index is 14.4. The number of carbonyl (C=O) groups is 14. The minimum atomic E-state index is -1.16. The van der Waals surface area contributed by atoms with E-state index in [4.69, 9.17) is 10.8 Å². The summed E-state index contributed by atoms with van der Waals surface area (Å²) in [5.41, 5.74) is 10.4. The average molecular weight is 1640 g/mol. The monoisotopic (exact) mass is 1640 g/mol. The number of aliphatic hydroxyl groups excluding tert-OH is 2. The molecule has 11 N–H and O–H groups in total. The van der Waals surface area contributed by atoms with Crippen molar-refractivity contribution in [3.63, 3.8) is 0 Å². The van der Waals surface area contributed by atoms with Crippen LogP contribution in [0.5, 0.6) is 0 Å². The Labute approximate surface area is 703 Å². The van der Waals surface area contributed by atoms with Gasteiger partial charge in [0.25, 0.3) is 23.6 Å². The molecule has 0 aromatic heterocycles. The van der Waals surface area contributed by atoms with Crippen LogP contribution in [-0.4, -0.2) is 139 Å². The molecule has 0 saturated heterocycles. The van der Waals surface area contributed by atoms with Crippen LogP contribution < -0.4 is 37.6 Å². The highest BCUT2D eigenvalue weighted by Gasteiger charge is 2.42. The number of Topliss-reactive ketones (excluding diaryl/α,β-unsaturated/α-hetero) is 3. The lowest BCUT2D eigenvalue weighted by Crippen LogP contribution is -2.49. The molecule has 0 fully saturated rings. The molecule has 8 aromatic rings. The Morgan fingerprint density at radius 1 is 0.364 bits per heavy atom. The van der Waals surface area contributed by atoms with Crippen LogP contribution in [0, 0.1) is 17.8 Å². The first-order valence-corrected chi connectivity index (χ1v) is 40.3. The van der Waals surface area contributed by atoms with Crippen molar-refractivity contribution in [1.29, 1.82) is 0 Å². The van der Waals surface area contributed by atoms with Gasteiger partial charge < -0.3 is 53.0 Å². The molecule has 0 aliphatic carbocycles. The fourth-order valence-corrected chi connectivity index (χ4v) is 14.0. The van der Waals surface area contributed by atoms with Crippen LogP contribution in [0.2, 0.25) is 0 Å². The zero-order valence-corrected chi connectivity index (χ0v) is 68.3. The highest BCUT2D eigenvalue weighted by Crippen LogP contribution is 2.39. The number of nitrogens with zero attached hydrogens (tertiary/aromatic N) is 2. The molecule has 2 aliphatic heterocycles. The molecule has 26 nitrogen and oxygen atoms in total. The number of unbranched alkanes of at least 4 members (excludes halogenated alkanes) is 4. The predicted molar refractivity (Wildman–Crippen MR) is 456 cm³/mol. The molecule has 121 heavy (non-hydrogen) atoms. The molecule has 2 aliphatic rings. The number of nitrogens with one attached hydrogen (secondary N) is 6. The van der Waals surface area contributed by atoms with E-state index in [1.165, 1.54) is 50.0 Å². The Balaban J connectivity index is 0.000000262. The maximum Gasteiger partial charge on any atom is 0.303 e. The Morgan fingerprint density at radius 3 is 0.950 bits per heavy atom. The lowest BCUT2D eigenvalue weighted by atomic mass is 9.76. The topological polar surface area (TPSA) is 404 Å². The zero-order valence-electron chi connectivity index (χ0n) is 68.3. The number of carboxylic acid groups (broad SMARTS) is 1. The third-order valence-electron chi connectivity index (χ3n) is 20.7. The second-order valence-corrected chi connectivity index (χ2v) is 29.9. The van der Waals surface area contributed by atoms with Crippen molar-refractivity contribution in [3.05, 3.63) is 299 Å². The van der Waals surface area contributed by atoms with Crippen molar-refractivity contribution in [1.82, 2.24) is 31.1 Å². The van der Waals surface area contributed by atoms with Gasteiger partial charge in [0.2, 0.25) is 35.4 Å². The van der Waals surface area contributed by atoms with E-state index >= 15 is 0 Å². The normalized spacial score (nSPS) is 13.8. The number of nitrogens with two attached hydrogens (primary N) is 1. The summed E-state index contributed by atoms with van der Waals surface area (Å²) in [6, 6.07) is 67.6. The first-order valence-electron chi connectivity index (χ1n) is 40.3. The van der Waals surface area contributed by atoms with Gasteiger partial charge in [0.1, 0.15) is 16.9 Å². The third kappa shape index (κ3) is 27.4. The molecule has 10 amide bonds. The number of ketones is 3. The first-order chi connectivity index (χ1) is 58.1. The van der Waals surface area contributed by atoms with Gasteiger partial charge in [-0.1, -0.05) is 226 Å². The lowest BCUT2D eigenvalue weighted by Gasteiger charge is -2.37. The van der Waals surface area contributed by atoms with Gasteiger partial charge in [-0.05, 0) is 115 Å². The fraction of sp³-hybridized carbons (Fsp3) is 0.305. The summed E-state index contributed by atoms with van der Waals surface area (Å²) in [5.74, 6) is -9.07. The van der Waals surface area contributed by atoms with Gasteiger partial charge in [-0.15, -0.1) is 0 Å². The van der Waals surface area contributed by atoms with Crippen LogP contribution in [0.4, 0.5) is 11.4 Å². The number of anilines is 2. The molecule has 8 aromatic carbocycles. The number of hydrogen-bond donors (Lipinski definition) is 10. The van der Waals surface area contributed by atoms with E-state index in [0.29, 0.717) is 67.6 Å². The number of imide groups is 2. The predicted octanol–water partition coefficient (Wildman–Crippen LogP) is 10.4. The zero-order chi connectivity index (χ0) is 87.4. The summed E-state index contributed by atoms with van der Waals surface area (Å²) in [6.45, 7) is 6.47. The minimum absolute atomic E-state index is 0.0357. The van der Waals surface area contributed by atoms with E-state index in [0.717, 1.165) is 38.3 Å². The number of benzene rings is 8. The highest BCUT2D eigenvalue weighted by molar-refractivity contribution is 6.13. The largest absolute Gasteiger partial charge is 0.481 e. The average Bonchev–Trinajstić information content (AvgIpc) is 1.37. The van der Waals surface area contributed by atoms with Gasteiger partial charge in [0.15, 0.2) is 11.6 Å². The van der Waals surface area contributed by atoms with Crippen molar-refractivity contribution < 1.29 is 82.4 Å². The van der Waals surface area contributed by atoms with E-state index in [1.54, 1.807) is 55.5 Å². The Bertz CT molecular complexity index is 4690. The number of rotatable bonds is 42. The Morgan fingerprint density at radius 2 is 0.661 bits per heavy atom. The third-order valence-corrected chi connectivity index (χ3v) is 20.7. The summed E-state index contributed by atoms with van der Waals surface area (Å²) in [4.78, 5) is 179. The maximum atomic E-state index is 14.4. The molecular formula is C95H105N9O17. The molecule has 10 rings (SSSR count). The van der Waals surface area contributed by atoms with Crippen LogP contribution in [-0.2, 0) is 91.4 Å². The Kier molecular flexibility index (Phi) is 36.0. The van der Waals surface area contributed by atoms with Gasteiger partial charge in [-0.2, -0.15) is 0 Å². The van der Waals surface area contributed by atoms with Crippen LogP contribution in [0.25, 0.3) is 0 Å². The van der Waals surface area contributed by atoms with Crippen molar-refractivity contribution in [2.24, 2.45) is 23.5 Å². The Hall–Kier alpha value is -13.3. The van der Waals surface area contributed by atoms with Gasteiger partial charge in [0, 0.05) is 99.6 Å². The van der Waals surface area contributed by atoms with Crippen molar-refractivity contribution in [2.75, 3.05) is 23.7 Å². The molecule has 0 radical (unpaired) electrons. The number of carbonyl (C=O) groups excluding carboxylic acids is 13. The molecule has 0 saturated carbocycles. The molecule has 26 heteroatoms. The number of aliphatic carboxylic acids is 1. The molecule has 0 unspecified atom stereocenters. The highest BCUT2D eigenvalue weighted by atomic mass is 16.4. The number of amides is 10. The number of hydrogen-bond acceptors (Lipinski definition) is 17. The quantitative estimate of drug-likeness (QED) is 0.00965. The van der Waals surface area contributed by atoms with Gasteiger partial charge in [-0.25, -0.2) is 0 Å². The summed E-state index contributed by atoms with van der Waals surface area (Å²) >= 11 is 0. The van der Waals surface area contributed by atoms with Gasteiger partial charge in [0.05, 0.1) is 43.2 Å². The van der Waals surface area contributed by atoms with E-state index in [-0.39, 0.29) is 94.1 Å². The summed E-state index contributed by atoms with van der Waals surface area (Å²) in [6.07, 6.45) is 7.63. The molecule has 6 atom stereocenters. The summed E-state index contributed by atoms with van der Waals surface area (Å²) in [5, 5.41) is 44.6. The second-order valence-electron chi connectivity index (χ2n) is 29.9. The number of carboxylic acids is 1. The standard InChI is InChI=1S/C48H52N4O8.C37H40N4O5.C10H13NO4/c1-33(29-41(54)21-13-6-14-28-52-44(57)26-27-45(52)58)46(59)49-34(2)42(55)30-36(47(60)50-40-24-22-35(32-53)23-25-40)31-43(56)51-48(37-15-7-3-8-16-37,38-17-9-4-10-18-38)39-19-11-5-12-20-39;1-25(38)35(45)39-26(2)33(43)22-28(36(46)40-32-20-18-27(24-42)19-21-32)23-34(44)41-37(29-12-6-3-7-13-29,30-14-8-4-9-15-30)31-16-10-5-11-17-31;12-8-5-6-9(13)11(8)7-3-1-2-4-10(14)15/h3-5,7-12,15-20,22-27,33-34,36,53H,6,13-14,21,28-32H2,1-2H3,(H,49,59)(H,50,60)(H,51,56);3-21,25-26,28,42H,22-24,38H2,1-2H3,(H,39,45)(H,40,46)(H,41,44);5-6H,1-4,7H2,(H,14,15)/t33-,34+,36+;25-,26-,28-;/m10./s1. The summed E-state index contributed by atoms with van der Waals surface area (Å²) in [7, 11) is 0. The van der Waals surface area contributed by atoms with E-state index < -0.39 is 99.9 Å².